The number of nitrogens with zero attached hydrogens (tertiary/aromatic N) is 1. The fourth-order valence-electron chi connectivity index (χ4n) is 1.83. The number of aliphatic imine (C=N–C) groups is 1. The third kappa shape index (κ3) is 3.75. The van der Waals surface area contributed by atoms with E-state index >= 15 is 0 Å². The number of halogens is 2. The molecule has 0 radical (unpaired) electrons. The van der Waals surface area contributed by atoms with Crippen molar-refractivity contribution in [3.05, 3.63) is 70.5 Å². The molecule has 0 aliphatic carbocycles. The van der Waals surface area contributed by atoms with Gasteiger partial charge in [0.1, 0.15) is 5.82 Å². The Morgan fingerprint density at radius 1 is 1.11 bits per heavy atom. The largest absolute Gasteiger partial charge is 0.235 e. The van der Waals surface area contributed by atoms with E-state index in [9.17, 15) is 9.18 Å². The highest BCUT2D eigenvalue weighted by Crippen LogP contribution is 2.23. The monoisotopic (exact) mass is 275 g/mol. The van der Waals surface area contributed by atoms with E-state index < -0.39 is 0 Å². The van der Waals surface area contributed by atoms with Crippen LogP contribution in [0.4, 0.5) is 4.39 Å². The molecule has 1 atom stereocenters. The third-order valence-electron chi connectivity index (χ3n) is 2.81. The van der Waals surface area contributed by atoms with Crippen LogP contribution in [0.25, 0.3) is 0 Å². The van der Waals surface area contributed by atoms with Crippen LogP contribution in [0.1, 0.15) is 17.2 Å². The predicted molar refractivity (Wildman–Crippen MR) is 72.4 cm³/mol. The predicted octanol–water partition coefficient (Wildman–Crippen LogP) is 4.10. The van der Waals surface area contributed by atoms with Crippen LogP contribution in [0.3, 0.4) is 0 Å². The smallest absolute Gasteiger partial charge is 0.211 e. The fourth-order valence-corrected chi connectivity index (χ4v) is 1.96. The van der Waals surface area contributed by atoms with Gasteiger partial charge in [0.15, 0.2) is 0 Å². The van der Waals surface area contributed by atoms with Crippen LogP contribution in [0.5, 0.6) is 0 Å². The van der Waals surface area contributed by atoms with E-state index in [1.165, 1.54) is 12.1 Å². The van der Waals surface area contributed by atoms with Gasteiger partial charge in [-0.25, -0.2) is 9.18 Å². The Morgan fingerprint density at radius 2 is 1.74 bits per heavy atom. The van der Waals surface area contributed by atoms with Crippen molar-refractivity contribution in [1.29, 1.82) is 0 Å². The lowest BCUT2D eigenvalue weighted by molar-refractivity contribution is 0.557. The Morgan fingerprint density at radius 3 is 2.32 bits per heavy atom. The molecular weight excluding hydrogens is 265 g/mol. The molecule has 0 heterocycles. The first-order chi connectivity index (χ1) is 9.19. The lowest BCUT2D eigenvalue weighted by Crippen LogP contribution is -2.00. The first-order valence-electron chi connectivity index (χ1n) is 5.76. The van der Waals surface area contributed by atoms with Gasteiger partial charge in [0, 0.05) is 5.02 Å². The quantitative estimate of drug-likeness (QED) is 0.610. The maximum absolute atomic E-state index is 12.8. The Labute approximate surface area is 115 Å². The minimum Gasteiger partial charge on any atom is -0.211 e. The molecule has 2 aromatic carbocycles. The number of hydrogen-bond donors (Lipinski definition) is 0. The summed E-state index contributed by atoms with van der Waals surface area (Å²) >= 11 is 5.82. The summed E-state index contributed by atoms with van der Waals surface area (Å²) in [7, 11) is 0. The van der Waals surface area contributed by atoms with E-state index in [0.29, 0.717) is 11.4 Å². The lowest BCUT2D eigenvalue weighted by Gasteiger charge is -2.11. The summed E-state index contributed by atoms with van der Waals surface area (Å²) in [4.78, 5) is 14.3. The van der Waals surface area contributed by atoms with Crippen molar-refractivity contribution >= 4 is 17.7 Å². The maximum Gasteiger partial charge on any atom is 0.235 e. The van der Waals surface area contributed by atoms with Gasteiger partial charge >= 0.3 is 0 Å². The molecule has 0 aliphatic heterocycles. The Kier molecular flexibility index (Phi) is 4.45. The van der Waals surface area contributed by atoms with Crippen LogP contribution in [0, 0.1) is 5.82 Å². The van der Waals surface area contributed by atoms with Crippen LogP contribution in [-0.2, 0) is 11.2 Å². The normalized spacial score (nSPS) is 11.7. The highest BCUT2D eigenvalue weighted by atomic mass is 35.5. The molecule has 4 heteroatoms. The van der Waals surface area contributed by atoms with Crippen molar-refractivity contribution in [3.63, 3.8) is 0 Å². The van der Waals surface area contributed by atoms with Crippen molar-refractivity contribution in [2.24, 2.45) is 4.99 Å². The summed E-state index contributed by atoms with van der Waals surface area (Å²) < 4.78 is 12.8. The molecule has 0 N–H and O–H groups in total. The average molecular weight is 276 g/mol. The van der Waals surface area contributed by atoms with Crippen molar-refractivity contribution in [2.75, 3.05) is 0 Å². The molecule has 2 aromatic rings. The van der Waals surface area contributed by atoms with Crippen LogP contribution in [0.15, 0.2) is 53.5 Å². The zero-order valence-electron chi connectivity index (χ0n) is 10.0. The van der Waals surface area contributed by atoms with Gasteiger partial charge in [0.2, 0.25) is 6.08 Å². The molecule has 0 amide bonds. The van der Waals surface area contributed by atoms with Crippen LogP contribution in [-0.4, -0.2) is 6.08 Å². The molecule has 0 spiro atoms. The summed E-state index contributed by atoms with van der Waals surface area (Å²) in [5.74, 6) is -0.286. The van der Waals surface area contributed by atoms with E-state index in [1.54, 1.807) is 30.3 Å². The Bertz CT molecular complexity index is 589. The summed E-state index contributed by atoms with van der Waals surface area (Å²) in [5, 5.41) is 0.624. The zero-order valence-corrected chi connectivity index (χ0v) is 10.8. The molecule has 2 nitrogen and oxygen atoms in total. The summed E-state index contributed by atoms with van der Waals surface area (Å²) in [6.07, 6.45) is 2.09. The van der Waals surface area contributed by atoms with Gasteiger partial charge in [-0.1, -0.05) is 35.9 Å². The fraction of sp³-hybridized carbons (Fsp3) is 0.133. The van der Waals surface area contributed by atoms with E-state index in [-0.39, 0.29) is 11.9 Å². The van der Waals surface area contributed by atoms with Gasteiger partial charge in [-0.3, -0.25) is 0 Å². The van der Waals surface area contributed by atoms with Gasteiger partial charge in [-0.15, -0.1) is 0 Å². The van der Waals surface area contributed by atoms with Gasteiger partial charge < -0.3 is 0 Å². The van der Waals surface area contributed by atoms with Gasteiger partial charge in [-0.2, -0.15) is 4.99 Å². The molecule has 0 saturated heterocycles. The highest BCUT2D eigenvalue weighted by molar-refractivity contribution is 6.30. The SMILES string of the molecule is O=C=NC(Cc1ccc(F)cc1)c1ccc(Cl)cc1. The molecule has 2 rings (SSSR count). The van der Waals surface area contributed by atoms with Crippen LogP contribution >= 0.6 is 11.6 Å². The van der Waals surface area contributed by atoms with E-state index in [2.05, 4.69) is 4.99 Å². The second-order valence-electron chi connectivity index (χ2n) is 4.12. The van der Waals surface area contributed by atoms with Crippen LogP contribution < -0.4 is 0 Å². The number of benzene rings is 2. The molecule has 0 aliphatic rings. The average Bonchev–Trinajstić information content (AvgIpc) is 2.42. The number of hydrogen-bond acceptors (Lipinski definition) is 2. The number of carbonyl (C=O) groups excluding carboxylic acids is 1. The minimum absolute atomic E-state index is 0.286. The Balaban J connectivity index is 2.23. The van der Waals surface area contributed by atoms with Crippen LogP contribution in [0.2, 0.25) is 5.02 Å². The second kappa shape index (κ2) is 6.28. The molecule has 0 aromatic heterocycles. The van der Waals surface area contributed by atoms with E-state index in [0.717, 1.165) is 11.1 Å². The first kappa shape index (κ1) is 13.5. The van der Waals surface area contributed by atoms with Crippen molar-refractivity contribution in [2.45, 2.75) is 12.5 Å². The summed E-state index contributed by atoms with van der Waals surface area (Å²) in [6.45, 7) is 0. The van der Waals surface area contributed by atoms with Crippen molar-refractivity contribution < 1.29 is 9.18 Å². The summed E-state index contributed by atoms with van der Waals surface area (Å²) in [5.41, 5.74) is 1.78. The molecule has 96 valence electrons. The van der Waals surface area contributed by atoms with Gasteiger partial charge in [0.05, 0.1) is 6.04 Å². The minimum atomic E-state index is -0.333. The number of isocyanates is 1. The summed E-state index contributed by atoms with van der Waals surface area (Å²) in [6, 6.07) is 12.9. The molecule has 19 heavy (non-hydrogen) atoms. The maximum atomic E-state index is 12.8. The second-order valence-corrected chi connectivity index (χ2v) is 4.55. The van der Waals surface area contributed by atoms with E-state index in [4.69, 9.17) is 11.6 Å². The third-order valence-corrected chi connectivity index (χ3v) is 3.06. The van der Waals surface area contributed by atoms with Crippen molar-refractivity contribution in [3.8, 4) is 0 Å². The first-order valence-corrected chi connectivity index (χ1v) is 6.14. The molecule has 0 bridgehead atoms. The van der Waals surface area contributed by atoms with Gasteiger partial charge in [-0.05, 0) is 41.8 Å². The van der Waals surface area contributed by atoms with E-state index in [1.807, 2.05) is 12.1 Å². The lowest BCUT2D eigenvalue weighted by atomic mass is 9.99. The highest BCUT2D eigenvalue weighted by Gasteiger charge is 2.11. The molecular formula is C15H11ClFNO. The van der Waals surface area contributed by atoms with Crippen molar-refractivity contribution in [1.82, 2.24) is 0 Å². The Hall–Kier alpha value is -1.96. The van der Waals surface area contributed by atoms with Gasteiger partial charge in [0.25, 0.3) is 0 Å². The topological polar surface area (TPSA) is 29.4 Å². The molecule has 1 unspecified atom stereocenters. The number of rotatable bonds is 4. The standard InChI is InChI=1S/C15H11ClFNO/c16-13-5-3-12(4-6-13)15(18-10-19)9-11-1-7-14(17)8-2-11/h1-8,15H,9H2. The molecule has 0 fully saturated rings. The zero-order chi connectivity index (χ0) is 13.7. The molecule has 0 saturated carbocycles.